The number of nitrogens with one attached hydrogen (secondary N) is 1. The number of phenols is 1. The van der Waals surface area contributed by atoms with E-state index in [0.29, 0.717) is 24.1 Å². The zero-order chi connectivity index (χ0) is 21.5. The monoisotopic (exact) mass is 419 g/mol. The molecular formula is C22H24F3N3O2. The van der Waals surface area contributed by atoms with E-state index in [-0.39, 0.29) is 23.4 Å². The number of fused-ring (bicyclic) bond motifs is 1. The highest BCUT2D eigenvalue weighted by atomic mass is 19.4. The molecule has 30 heavy (non-hydrogen) atoms. The van der Waals surface area contributed by atoms with Crippen LogP contribution in [0.1, 0.15) is 49.3 Å². The Hall–Kier alpha value is -2.61. The Morgan fingerprint density at radius 2 is 1.83 bits per heavy atom. The number of phenolic OH excluding ortho intramolecular Hbond substituents is 1. The third kappa shape index (κ3) is 4.43. The molecule has 0 aliphatic heterocycles. The first-order valence-corrected chi connectivity index (χ1v) is 10.1. The highest BCUT2D eigenvalue weighted by Gasteiger charge is 2.39. The van der Waals surface area contributed by atoms with Gasteiger partial charge in [0.05, 0.1) is 5.60 Å². The Balaban J connectivity index is 1.64. The Bertz CT molecular complexity index is 978. The molecule has 0 atom stereocenters. The molecule has 0 unspecified atom stereocenters. The fourth-order valence-electron chi connectivity index (χ4n) is 4.32. The van der Waals surface area contributed by atoms with Crippen molar-refractivity contribution in [2.24, 2.45) is 0 Å². The Morgan fingerprint density at radius 3 is 2.47 bits per heavy atom. The highest BCUT2D eigenvalue weighted by molar-refractivity contribution is 5.74. The van der Waals surface area contributed by atoms with E-state index < -0.39 is 11.8 Å². The lowest BCUT2D eigenvalue weighted by Crippen LogP contribution is -2.48. The number of nitrogens with zero attached hydrogens (tertiary/aromatic N) is 2. The lowest BCUT2D eigenvalue weighted by molar-refractivity contribution is -0.0790. The summed E-state index contributed by atoms with van der Waals surface area (Å²) in [6, 6.07) is 4.56. The fourth-order valence-corrected chi connectivity index (χ4v) is 4.32. The second kappa shape index (κ2) is 7.58. The smallest absolute Gasteiger partial charge is 0.409 e. The molecule has 1 fully saturated rings. The quantitative estimate of drug-likeness (QED) is 0.674. The number of aromatic nitrogens is 2. The summed E-state index contributed by atoms with van der Waals surface area (Å²) in [6.45, 7) is 1.81. The predicted molar refractivity (Wildman–Crippen MR) is 108 cm³/mol. The fraction of sp³-hybridized carbons (Fsp3) is 0.455. The minimum atomic E-state index is -4.41. The standard InChI is InChI=1S/C22H24F3N3O2/c1-21(30)11-14(12-21)26-20-16-5-3-2-4-15(16)19(27-28-20)17-7-6-13(10-18(17)29)8-9-22(23,24)25/h6-10,14,29-30H,2-5,11-12H2,1H3,(H,26,28)/b9-8+. The summed E-state index contributed by atoms with van der Waals surface area (Å²) in [7, 11) is 0. The van der Waals surface area contributed by atoms with Gasteiger partial charge in [0, 0.05) is 23.2 Å². The van der Waals surface area contributed by atoms with Crippen molar-refractivity contribution in [3.8, 4) is 17.0 Å². The molecular weight excluding hydrogens is 395 g/mol. The van der Waals surface area contributed by atoms with Gasteiger partial charge in [0.2, 0.25) is 0 Å². The predicted octanol–water partition coefficient (Wildman–Crippen LogP) is 4.63. The van der Waals surface area contributed by atoms with E-state index in [1.165, 1.54) is 12.1 Å². The summed E-state index contributed by atoms with van der Waals surface area (Å²) in [4.78, 5) is 0. The lowest BCUT2D eigenvalue weighted by atomic mass is 9.77. The average Bonchev–Trinajstić information content (AvgIpc) is 2.65. The number of aliphatic hydroxyl groups is 1. The maximum atomic E-state index is 12.4. The molecule has 4 rings (SSSR count). The SMILES string of the molecule is CC1(O)CC(Nc2nnc(-c3ccc(/C=C/C(F)(F)F)cc3O)c3c2CCCC3)C1. The maximum Gasteiger partial charge on any atom is 0.409 e. The van der Waals surface area contributed by atoms with Crippen LogP contribution in [0.5, 0.6) is 5.75 Å². The minimum absolute atomic E-state index is 0.128. The van der Waals surface area contributed by atoms with E-state index in [4.69, 9.17) is 0 Å². The van der Waals surface area contributed by atoms with Gasteiger partial charge in [-0.05, 0) is 74.8 Å². The summed E-state index contributed by atoms with van der Waals surface area (Å²) >= 11 is 0. The number of hydrogen-bond donors (Lipinski definition) is 3. The topological polar surface area (TPSA) is 78.3 Å². The number of allylic oxidation sites excluding steroid dienone is 1. The molecule has 2 aliphatic rings. The van der Waals surface area contributed by atoms with Gasteiger partial charge in [-0.3, -0.25) is 0 Å². The molecule has 1 heterocycles. The molecule has 0 amide bonds. The summed E-state index contributed by atoms with van der Waals surface area (Å²) in [5.41, 5.74) is 2.73. The van der Waals surface area contributed by atoms with E-state index in [1.807, 2.05) is 6.92 Å². The number of halogens is 3. The number of benzene rings is 1. The van der Waals surface area contributed by atoms with Crippen LogP contribution in [0, 0.1) is 0 Å². The molecule has 1 aromatic carbocycles. The Labute approximate surface area is 172 Å². The van der Waals surface area contributed by atoms with Crippen molar-refractivity contribution < 1.29 is 23.4 Å². The van der Waals surface area contributed by atoms with Crippen molar-refractivity contribution in [3.05, 3.63) is 41.0 Å². The van der Waals surface area contributed by atoms with Gasteiger partial charge in [-0.25, -0.2) is 0 Å². The Morgan fingerprint density at radius 1 is 1.13 bits per heavy atom. The summed E-state index contributed by atoms with van der Waals surface area (Å²) in [5.74, 6) is 0.593. The first kappa shape index (κ1) is 20.7. The van der Waals surface area contributed by atoms with Crippen molar-refractivity contribution in [1.29, 1.82) is 0 Å². The molecule has 8 heteroatoms. The molecule has 1 saturated carbocycles. The van der Waals surface area contributed by atoms with Gasteiger partial charge < -0.3 is 15.5 Å². The van der Waals surface area contributed by atoms with Crippen LogP contribution >= 0.6 is 0 Å². The van der Waals surface area contributed by atoms with E-state index in [1.54, 1.807) is 6.07 Å². The van der Waals surface area contributed by atoms with Gasteiger partial charge in [-0.1, -0.05) is 6.07 Å². The molecule has 1 aromatic heterocycles. The maximum absolute atomic E-state index is 12.4. The largest absolute Gasteiger partial charge is 0.507 e. The molecule has 0 radical (unpaired) electrons. The second-order valence-corrected chi connectivity index (χ2v) is 8.46. The van der Waals surface area contributed by atoms with Crippen LogP contribution in [-0.2, 0) is 12.8 Å². The third-order valence-electron chi connectivity index (χ3n) is 5.74. The molecule has 0 saturated heterocycles. The van der Waals surface area contributed by atoms with Crippen LogP contribution in [0.4, 0.5) is 19.0 Å². The van der Waals surface area contributed by atoms with E-state index in [0.717, 1.165) is 48.7 Å². The highest BCUT2D eigenvalue weighted by Crippen LogP contribution is 2.39. The average molecular weight is 419 g/mol. The van der Waals surface area contributed by atoms with Crippen molar-refractivity contribution in [2.45, 2.75) is 63.3 Å². The summed E-state index contributed by atoms with van der Waals surface area (Å²) in [6.07, 6.45) is 1.63. The van der Waals surface area contributed by atoms with Gasteiger partial charge in [-0.2, -0.15) is 13.2 Å². The molecule has 2 aliphatic carbocycles. The van der Waals surface area contributed by atoms with Crippen molar-refractivity contribution >= 4 is 11.9 Å². The first-order chi connectivity index (χ1) is 14.1. The van der Waals surface area contributed by atoms with Crippen LogP contribution < -0.4 is 5.32 Å². The number of anilines is 1. The number of alkyl halides is 3. The van der Waals surface area contributed by atoms with Gasteiger partial charge in [0.15, 0.2) is 5.82 Å². The molecule has 3 N–H and O–H groups in total. The number of hydrogen-bond acceptors (Lipinski definition) is 5. The zero-order valence-corrected chi connectivity index (χ0v) is 16.6. The molecule has 5 nitrogen and oxygen atoms in total. The number of aromatic hydroxyl groups is 1. The Kier molecular flexibility index (Phi) is 5.22. The van der Waals surface area contributed by atoms with E-state index in [9.17, 15) is 23.4 Å². The van der Waals surface area contributed by atoms with Crippen LogP contribution in [0.25, 0.3) is 17.3 Å². The molecule has 160 valence electrons. The van der Waals surface area contributed by atoms with Crippen molar-refractivity contribution in [1.82, 2.24) is 10.2 Å². The van der Waals surface area contributed by atoms with Crippen LogP contribution in [0.3, 0.4) is 0 Å². The third-order valence-corrected chi connectivity index (χ3v) is 5.74. The van der Waals surface area contributed by atoms with Gasteiger partial charge in [0.25, 0.3) is 0 Å². The van der Waals surface area contributed by atoms with Gasteiger partial charge in [-0.15, -0.1) is 10.2 Å². The molecule has 0 bridgehead atoms. The van der Waals surface area contributed by atoms with Gasteiger partial charge >= 0.3 is 6.18 Å². The normalized spacial score (nSPS) is 23.8. The van der Waals surface area contributed by atoms with Crippen LogP contribution in [0.15, 0.2) is 24.3 Å². The molecule has 0 spiro atoms. The van der Waals surface area contributed by atoms with Gasteiger partial charge in [0.1, 0.15) is 11.4 Å². The summed E-state index contributed by atoms with van der Waals surface area (Å²) < 4.78 is 37.2. The van der Waals surface area contributed by atoms with Crippen molar-refractivity contribution in [2.75, 3.05) is 5.32 Å². The minimum Gasteiger partial charge on any atom is -0.507 e. The van der Waals surface area contributed by atoms with Crippen molar-refractivity contribution in [3.63, 3.8) is 0 Å². The zero-order valence-electron chi connectivity index (χ0n) is 16.6. The summed E-state index contributed by atoms with van der Waals surface area (Å²) in [5, 5.41) is 32.5. The number of rotatable bonds is 4. The van der Waals surface area contributed by atoms with E-state index in [2.05, 4.69) is 15.5 Å². The second-order valence-electron chi connectivity index (χ2n) is 8.46. The van der Waals surface area contributed by atoms with E-state index >= 15 is 0 Å². The first-order valence-electron chi connectivity index (χ1n) is 10.1. The molecule has 2 aromatic rings. The van der Waals surface area contributed by atoms with Crippen LogP contribution in [0.2, 0.25) is 0 Å². The lowest BCUT2D eigenvalue weighted by Gasteiger charge is -2.41. The van der Waals surface area contributed by atoms with Crippen LogP contribution in [-0.4, -0.2) is 38.2 Å².